The lowest BCUT2D eigenvalue weighted by molar-refractivity contribution is 0.411. The molecule has 0 spiro atoms. The first-order chi connectivity index (χ1) is 8.59. The van der Waals surface area contributed by atoms with Gasteiger partial charge in [0.15, 0.2) is 9.84 Å². The molecule has 1 saturated heterocycles. The Morgan fingerprint density at radius 1 is 1.56 bits per heavy atom. The molecule has 5 heteroatoms. The maximum atomic E-state index is 11.5. The summed E-state index contributed by atoms with van der Waals surface area (Å²) in [5.41, 5.74) is 0. The van der Waals surface area contributed by atoms with E-state index in [0.29, 0.717) is 23.5 Å². The number of hydrogen-bond acceptors (Lipinski definition) is 4. The molecule has 2 heterocycles. The summed E-state index contributed by atoms with van der Waals surface area (Å²) in [6, 6.07) is 4.63. The van der Waals surface area contributed by atoms with Crippen LogP contribution < -0.4 is 5.32 Å². The van der Waals surface area contributed by atoms with E-state index in [1.165, 1.54) is 4.88 Å². The van der Waals surface area contributed by atoms with Crippen LogP contribution in [0.15, 0.2) is 17.5 Å². The largest absolute Gasteiger partial charge is 0.314 e. The van der Waals surface area contributed by atoms with E-state index in [2.05, 4.69) is 29.8 Å². The molecule has 2 unspecified atom stereocenters. The second-order valence-corrected chi connectivity index (χ2v) is 8.30. The molecule has 0 bridgehead atoms. The van der Waals surface area contributed by atoms with Crippen molar-refractivity contribution in [3.63, 3.8) is 0 Å². The molecule has 0 aromatic carbocycles. The average molecular weight is 287 g/mol. The zero-order chi connectivity index (χ0) is 13.0. The molecular formula is C13H21NO2S2. The van der Waals surface area contributed by atoms with Crippen molar-refractivity contribution in [2.75, 3.05) is 18.1 Å². The molecule has 0 amide bonds. The minimum absolute atomic E-state index is 0.346. The number of thiophene rings is 1. The third kappa shape index (κ3) is 4.07. The number of nitrogens with one attached hydrogen (secondary N) is 1. The zero-order valence-electron chi connectivity index (χ0n) is 10.8. The summed E-state index contributed by atoms with van der Waals surface area (Å²) in [7, 11) is -2.74. The van der Waals surface area contributed by atoms with Gasteiger partial charge in [-0.05, 0) is 43.2 Å². The summed E-state index contributed by atoms with van der Waals surface area (Å²) < 4.78 is 23.0. The van der Waals surface area contributed by atoms with Crippen LogP contribution in [0.25, 0.3) is 0 Å². The van der Waals surface area contributed by atoms with E-state index >= 15 is 0 Å². The third-order valence-corrected chi connectivity index (χ3v) is 6.20. The molecular weight excluding hydrogens is 266 g/mol. The van der Waals surface area contributed by atoms with Gasteiger partial charge < -0.3 is 5.32 Å². The molecule has 1 aliphatic heterocycles. The monoisotopic (exact) mass is 287 g/mol. The van der Waals surface area contributed by atoms with Gasteiger partial charge in [-0.3, -0.25) is 0 Å². The summed E-state index contributed by atoms with van der Waals surface area (Å²) in [5, 5.41) is 5.58. The molecule has 1 aliphatic rings. The Balaban J connectivity index is 1.90. The van der Waals surface area contributed by atoms with Crippen molar-refractivity contribution in [1.82, 2.24) is 5.32 Å². The van der Waals surface area contributed by atoms with E-state index in [1.54, 1.807) is 11.3 Å². The Hall–Kier alpha value is -0.390. The second kappa shape index (κ2) is 6.17. The van der Waals surface area contributed by atoms with Crippen molar-refractivity contribution in [3.05, 3.63) is 22.4 Å². The SMILES string of the molecule is CCNC(Cc1cccs1)CC1CCS(=O)(=O)C1. The molecule has 1 fully saturated rings. The minimum Gasteiger partial charge on any atom is -0.314 e. The van der Waals surface area contributed by atoms with Crippen LogP contribution in [0.2, 0.25) is 0 Å². The van der Waals surface area contributed by atoms with Gasteiger partial charge >= 0.3 is 0 Å². The topological polar surface area (TPSA) is 46.2 Å². The average Bonchev–Trinajstić information content (AvgIpc) is 2.89. The van der Waals surface area contributed by atoms with Gasteiger partial charge in [-0.1, -0.05) is 13.0 Å². The number of hydrogen-bond donors (Lipinski definition) is 1. The molecule has 18 heavy (non-hydrogen) atoms. The van der Waals surface area contributed by atoms with Crippen molar-refractivity contribution in [2.45, 2.75) is 32.2 Å². The Bertz CT molecular complexity index is 453. The van der Waals surface area contributed by atoms with Crippen molar-refractivity contribution < 1.29 is 8.42 Å². The molecule has 0 aliphatic carbocycles. The Labute approximate surface area is 114 Å². The van der Waals surface area contributed by atoms with Gasteiger partial charge in [0.2, 0.25) is 0 Å². The fourth-order valence-electron chi connectivity index (χ4n) is 2.66. The summed E-state index contributed by atoms with van der Waals surface area (Å²) in [4.78, 5) is 1.38. The molecule has 1 N–H and O–H groups in total. The summed E-state index contributed by atoms with van der Waals surface area (Å²) >= 11 is 1.78. The van der Waals surface area contributed by atoms with Crippen LogP contribution in [-0.4, -0.2) is 32.5 Å². The molecule has 0 radical (unpaired) electrons. The predicted molar refractivity (Wildman–Crippen MR) is 76.9 cm³/mol. The second-order valence-electron chi connectivity index (χ2n) is 5.04. The summed E-state index contributed by atoms with van der Waals surface area (Å²) in [6.45, 7) is 3.04. The first-order valence-corrected chi connectivity index (χ1v) is 9.25. The normalized spacial score (nSPS) is 24.2. The number of rotatable bonds is 6. The van der Waals surface area contributed by atoms with E-state index in [0.717, 1.165) is 25.8 Å². The van der Waals surface area contributed by atoms with Crippen molar-refractivity contribution in [3.8, 4) is 0 Å². The summed E-state index contributed by atoms with van der Waals surface area (Å²) in [5.74, 6) is 1.12. The lowest BCUT2D eigenvalue weighted by Gasteiger charge is -2.20. The number of sulfone groups is 1. The van der Waals surface area contributed by atoms with E-state index in [-0.39, 0.29) is 0 Å². The van der Waals surface area contributed by atoms with Crippen LogP contribution >= 0.6 is 11.3 Å². The minimum atomic E-state index is -2.74. The Morgan fingerprint density at radius 3 is 2.94 bits per heavy atom. The first-order valence-electron chi connectivity index (χ1n) is 6.55. The van der Waals surface area contributed by atoms with Gasteiger partial charge in [-0.15, -0.1) is 11.3 Å². The van der Waals surface area contributed by atoms with Gasteiger partial charge in [0.1, 0.15) is 0 Å². The molecule has 1 aromatic heterocycles. The maximum Gasteiger partial charge on any atom is 0.150 e. The third-order valence-electron chi connectivity index (χ3n) is 3.47. The lowest BCUT2D eigenvalue weighted by atomic mass is 9.97. The molecule has 2 atom stereocenters. The van der Waals surface area contributed by atoms with E-state index < -0.39 is 9.84 Å². The van der Waals surface area contributed by atoms with Crippen molar-refractivity contribution in [2.24, 2.45) is 5.92 Å². The highest BCUT2D eigenvalue weighted by atomic mass is 32.2. The lowest BCUT2D eigenvalue weighted by Crippen LogP contribution is -2.33. The molecule has 0 saturated carbocycles. The van der Waals surface area contributed by atoms with Crippen LogP contribution in [-0.2, 0) is 16.3 Å². The smallest absolute Gasteiger partial charge is 0.150 e. The van der Waals surface area contributed by atoms with Crippen LogP contribution in [0.5, 0.6) is 0 Å². The predicted octanol–water partition coefficient (Wildman–Crippen LogP) is 2.09. The van der Waals surface area contributed by atoms with Crippen molar-refractivity contribution >= 4 is 21.2 Å². The standard InChI is InChI=1S/C13H21NO2S2/c1-2-14-12(9-13-4-3-6-17-13)8-11-5-7-18(15,16)10-11/h3-4,6,11-12,14H,2,5,7-10H2,1H3. The van der Waals surface area contributed by atoms with Gasteiger partial charge in [-0.2, -0.15) is 0 Å². The van der Waals surface area contributed by atoms with Crippen LogP contribution in [0.1, 0.15) is 24.6 Å². The van der Waals surface area contributed by atoms with E-state index in [9.17, 15) is 8.42 Å². The summed E-state index contributed by atoms with van der Waals surface area (Å²) in [6.07, 6.45) is 2.84. The number of likely N-dealkylation sites (N-methyl/N-ethyl adjacent to an activating group) is 1. The Morgan fingerprint density at radius 2 is 2.39 bits per heavy atom. The highest BCUT2D eigenvalue weighted by molar-refractivity contribution is 7.91. The van der Waals surface area contributed by atoms with Gasteiger partial charge in [0.25, 0.3) is 0 Å². The van der Waals surface area contributed by atoms with Crippen LogP contribution in [0, 0.1) is 5.92 Å². The molecule has 102 valence electrons. The zero-order valence-corrected chi connectivity index (χ0v) is 12.4. The maximum absolute atomic E-state index is 11.5. The highest BCUT2D eigenvalue weighted by Crippen LogP contribution is 2.24. The van der Waals surface area contributed by atoms with E-state index in [4.69, 9.17) is 0 Å². The molecule has 2 rings (SSSR count). The van der Waals surface area contributed by atoms with Gasteiger partial charge in [-0.25, -0.2) is 8.42 Å². The van der Waals surface area contributed by atoms with Crippen LogP contribution in [0.4, 0.5) is 0 Å². The van der Waals surface area contributed by atoms with E-state index in [1.807, 2.05) is 0 Å². The van der Waals surface area contributed by atoms with Gasteiger partial charge in [0, 0.05) is 10.9 Å². The first kappa shape index (κ1) is 14.0. The quantitative estimate of drug-likeness (QED) is 0.871. The fourth-order valence-corrected chi connectivity index (χ4v) is 5.33. The van der Waals surface area contributed by atoms with Crippen molar-refractivity contribution in [1.29, 1.82) is 0 Å². The fraction of sp³-hybridized carbons (Fsp3) is 0.692. The van der Waals surface area contributed by atoms with Crippen LogP contribution in [0.3, 0.4) is 0 Å². The van der Waals surface area contributed by atoms with Gasteiger partial charge in [0.05, 0.1) is 11.5 Å². The Kier molecular flexibility index (Phi) is 4.81. The highest BCUT2D eigenvalue weighted by Gasteiger charge is 2.29. The molecule has 3 nitrogen and oxygen atoms in total. The molecule has 1 aromatic rings.